The molecular formula is C16H20BrN3O. The molecule has 1 heterocycles. The highest BCUT2D eigenvalue weighted by atomic mass is 79.9. The number of hydrogen-bond acceptors (Lipinski definition) is 3. The van der Waals surface area contributed by atoms with Crippen LogP contribution in [0, 0.1) is 0 Å². The van der Waals surface area contributed by atoms with Crippen LogP contribution in [-0.4, -0.2) is 15.6 Å². The fraction of sp³-hybridized carbons (Fsp3) is 0.375. The van der Waals surface area contributed by atoms with Gasteiger partial charge in [0.05, 0.1) is 27.8 Å². The molecule has 0 saturated heterocycles. The first-order chi connectivity index (χ1) is 9.87. The molecule has 0 aliphatic carbocycles. The molecule has 2 rings (SSSR count). The van der Waals surface area contributed by atoms with Crippen molar-refractivity contribution in [2.45, 2.75) is 32.2 Å². The Hall–Kier alpha value is -1.46. The Morgan fingerprint density at radius 3 is 2.52 bits per heavy atom. The van der Waals surface area contributed by atoms with Crippen molar-refractivity contribution in [3.8, 4) is 0 Å². The normalized spacial score (nSPS) is 14.0. The van der Waals surface area contributed by atoms with Crippen LogP contribution in [0.5, 0.6) is 0 Å². The first kappa shape index (κ1) is 15.9. The molecule has 1 unspecified atom stereocenters. The minimum absolute atomic E-state index is 0.0277. The van der Waals surface area contributed by atoms with E-state index in [0.29, 0.717) is 0 Å². The van der Waals surface area contributed by atoms with Crippen LogP contribution in [0.3, 0.4) is 0 Å². The van der Waals surface area contributed by atoms with E-state index < -0.39 is 5.54 Å². The summed E-state index contributed by atoms with van der Waals surface area (Å²) in [7, 11) is 1.85. The van der Waals surface area contributed by atoms with Gasteiger partial charge in [0, 0.05) is 7.05 Å². The average molecular weight is 350 g/mol. The molecule has 0 radical (unpaired) electrons. The minimum atomic E-state index is -1.00. The zero-order valence-corrected chi connectivity index (χ0v) is 14.1. The number of nitrogens with two attached hydrogens (primary N) is 1. The van der Waals surface area contributed by atoms with Crippen molar-refractivity contribution >= 4 is 21.7 Å². The summed E-state index contributed by atoms with van der Waals surface area (Å²) < 4.78 is 2.66. The number of aromatic nitrogens is 2. The maximum absolute atomic E-state index is 12.6. The zero-order chi connectivity index (χ0) is 15.6. The summed E-state index contributed by atoms with van der Waals surface area (Å²) in [6.07, 6.45) is 1.08. The third-order valence-corrected chi connectivity index (χ3v) is 4.70. The SMILES string of the molecule is CCc1nn(C)c(CC(=O)C(C)(N)c2ccccc2)c1Br. The molecule has 5 heteroatoms. The Balaban J connectivity index is 2.28. The maximum atomic E-state index is 12.6. The highest BCUT2D eigenvalue weighted by Gasteiger charge is 2.31. The summed E-state index contributed by atoms with van der Waals surface area (Å²) >= 11 is 3.54. The number of halogens is 1. The fourth-order valence-electron chi connectivity index (χ4n) is 2.29. The van der Waals surface area contributed by atoms with Gasteiger partial charge in [-0.15, -0.1) is 0 Å². The topological polar surface area (TPSA) is 60.9 Å². The van der Waals surface area contributed by atoms with E-state index in [1.165, 1.54) is 0 Å². The number of carbonyl (C=O) groups excluding carboxylic acids is 1. The van der Waals surface area contributed by atoms with Gasteiger partial charge in [0.1, 0.15) is 0 Å². The minimum Gasteiger partial charge on any atom is -0.315 e. The van der Waals surface area contributed by atoms with Gasteiger partial charge in [-0.3, -0.25) is 9.48 Å². The lowest BCUT2D eigenvalue weighted by Gasteiger charge is -2.23. The number of carbonyl (C=O) groups is 1. The Labute approximate surface area is 133 Å². The zero-order valence-electron chi connectivity index (χ0n) is 12.6. The number of aryl methyl sites for hydroxylation is 2. The summed E-state index contributed by atoms with van der Waals surface area (Å²) in [5.41, 5.74) is 7.92. The van der Waals surface area contributed by atoms with E-state index in [4.69, 9.17) is 5.73 Å². The van der Waals surface area contributed by atoms with Gasteiger partial charge in [0.15, 0.2) is 5.78 Å². The lowest BCUT2D eigenvalue weighted by atomic mass is 9.86. The van der Waals surface area contributed by atoms with E-state index in [9.17, 15) is 4.79 Å². The van der Waals surface area contributed by atoms with Crippen molar-refractivity contribution in [3.63, 3.8) is 0 Å². The molecule has 2 N–H and O–H groups in total. The van der Waals surface area contributed by atoms with E-state index >= 15 is 0 Å². The fourth-order valence-corrected chi connectivity index (χ4v) is 3.05. The van der Waals surface area contributed by atoms with Crippen LogP contribution in [0.25, 0.3) is 0 Å². The Bertz CT molecular complexity index is 647. The highest BCUT2D eigenvalue weighted by molar-refractivity contribution is 9.10. The standard InChI is InChI=1S/C16H20BrN3O/c1-4-12-15(17)13(20(3)19-12)10-14(21)16(2,18)11-8-6-5-7-9-11/h5-9H,4,10,18H2,1-3H3. The van der Waals surface area contributed by atoms with Crippen molar-refractivity contribution in [1.29, 1.82) is 0 Å². The van der Waals surface area contributed by atoms with Gasteiger partial charge >= 0.3 is 0 Å². The van der Waals surface area contributed by atoms with Gasteiger partial charge in [0.25, 0.3) is 0 Å². The monoisotopic (exact) mass is 349 g/mol. The largest absolute Gasteiger partial charge is 0.315 e. The summed E-state index contributed by atoms with van der Waals surface area (Å²) in [6, 6.07) is 9.46. The van der Waals surface area contributed by atoms with E-state index in [0.717, 1.165) is 27.8 Å². The van der Waals surface area contributed by atoms with Crippen LogP contribution < -0.4 is 5.73 Å². The summed E-state index contributed by atoms with van der Waals surface area (Å²) in [4.78, 5) is 12.6. The third-order valence-electron chi connectivity index (χ3n) is 3.78. The molecule has 112 valence electrons. The first-order valence-corrected chi connectivity index (χ1v) is 7.75. The average Bonchev–Trinajstić information content (AvgIpc) is 2.75. The van der Waals surface area contributed by atoms with Crippen LogP contribution in [0.4, 0.5) is 0 Å². The van der Waals surface area contributed by atoms with Crippen molar-refractivity contribution in [1.82, 2.24) is 9.78 Å². The van der Waals surface area contributed by atoms with E-state index in [1.807, 2.05) is 44.3 Å². The van der Waals surface area contributed by atoms with Gasteiger partial charge < -0.3 is 5.73 Å². The number of benzene rings is 1. The lowest BCUT2D eigenvalue weighted by molar-refractivity contribution is -0.123. The second-order valence-electron chi connectivity index (χ2n) is 5.35. The molecular weight excluding hydrogens is 330 g/mol. The van der Waals surface area contributed by atoms with Gasteiger partial charge in [0.2, 0.25) is 0 Å². The van der Waals surface area contributed by atoms with Crippen LogP contribution >= 0.6 is 15.9 Å². The van der Waals surface area contributed by atoms with Crippen LogP contribution in [-0.2, 0) is 30.2 Å². The molecule has 1 aromatic heterocycles. The van der Waals surface area contributed by atoms with Crippen molar-refractivity contribution in [3.05, 3.63) is 51.8 Å². The molecule has 1 aromatic carbocycles. The number of nitrogens with zero attached hydrogens (tertiary/aromatic N) is 2. The number of hydrogen-bond donors (Lipinski definition) is 1. The Morgan fingerprint density at radius 1 is 1.38 bits per heavy atom. The predicted molar refractivity (Wildman–Crippen MR) is 87.0 cm³/mol. The lowest BCUT2D eigenvalue weighted by Crippen LogP contribution is -2.43. The molecule has 0 amide bonds. The van der Waals surface area contributed by atoms with Gasteiger partial charge in [-0.05, 0) is 34.8 Å². The molecule has 0 bridgehead atoms. The molecule has 0 saturated carbocycles. The van der Waals surface area contributed by atoms with Crippen molar-refractivity contribution in [2.75, 3.05) is 0 Å². The van der Waals surface area contributed by atoms with Crippen molar-refractivity contribution < 1.29 is 4.79 Å². The van der Waals surface area contributed by atoms with Crippen LogP contribution in [0.2, 0.25) is 0 Å². The Morgan fingerprint density at radius 2 is 2.00 bits per heavy atom. The highest BCUT2D eigenvalue weighted by Crippen LogP contribution is 2.26. The molecule has 0 aliphatic rings. The smallest absolute Gasteiger partial charge is 0.162 e. The second-order valence-corrected chi connectivity index (χ2v) is 6.15. The third kappa shape index (κ3) is 3.09. The quantitative estimate of drug-likeness (QED) is 0.902. The molecule has 0 spiro atoms. The van der Waals surface area contributed by atoms with E-state index in [1.54, 1.807) is 11.6 Å². The molecule has 1 atom stereocenters. The van der Waals surface area contributed by atoms with Gasteiger partial charge in [-0.1, -0.05) is 37.3 Å². The summed E-state index contributed by atoms with van der Waals surface area (Å²) in [5.74, 6) is -0.0277. The number of rotatable bonds is 5. The molecule has 0 fully saturated rings. The summed E-state index contributed by atoms with van der Waals surface area (Å²) in [6.45, 7) is 3.80. The molecule has 2 aromatic rings. The second kappa shape index (κ2) is 6.12. The first-order valence-electron chi connectivity index (χ1n) is 6.95. The maximum Gasteiger partial charge on any atom is 0.162 e. The summed E-state index contributed by atoms with van der Waals surface area (Å²) in [5, 5.41) is 4.41. The van der Waals surface area contributed by atoms with Gasteiger partial charge in [-0.2, -0.15) is 5.10 Å². The van der Waals surface area contributed by atoms with E-state index in [2.05, 4.69) is 21.0 Å². The predicted octanol–water partition coefficient (Wildman–Crippen LogP) is 2.73. The molecule has 0 aliphatic heterocycles. The van der Waals surface area contributed by atoms with Crippen LogP contribution in [0.15, 0.2) is 34.8 Å². The molecule has 4 nitrogen and oxygen atoms in total. The molecule has 21 heavy (non-hydrogen) atoms. The van der Waals surface area contributed by atoms with E-state index in [-0.39, 0.29) is 12.2 Å². The van der Waals surface area contributed by atoms with Crippen LogP contribution in [0.1, 0.15) is 30.8 Å². The van der Waals surface area contributed by atoms with Crippen molar-refractivity contribution in [2.24, 2.45) is 12.8 Å². The Kier molecular flexibility index (Phi) is 4.64. The number of Topliss-reactive ketones (excluding diaryl/α,β-unsaturated/α-hetero) is 1. The number of ketones is 1. The van der Waals surface area contributed by atoms with Gasteiger partial charge in [-0.25, -0.2) is 0 Å².